The molecule has 7 heteroatoms. The molecule has 0 atom stereocenters. The van der Waals surface area contributed by atoms with Crippen LogP contribution in [0.2, 0.25) is 0 Å². The van der Waals surface area contributed by atoms with E-state index in [-0.39, 0.29) is 16.3 Å². The number of benzene rings is 1. The van der Waals surface area contributed by atoms with E-state index >= 15 is 0 Å². The Morgan fingerprint density at radius 2 is 2.00 bits per heavy atom. The van der Waals surface area contributed by atoms with Crippen molar-refractivity contribution in [2.24, 2.45) is 0 Å². The Balaban J connectivity index is 2.21. The van der Waals surface area contributed by atoms with Crippen molar-refractivity contribution in [2.45, 2.75) is 0 Å². The Bertz CT molecular complexity index is 673. The Morgan fingerprint density at radius 1 is 1.22 bits per heavy atom. The van der Waals surface area contributed by atoms with Crippen LogP contribution in [-0.4, -0.2) is 8.42 Å². The zero-order valence-corrected chi connectivity index (χ0v) is 10.7. The van der Waals surface area contributed by atoms with Crippen molar-refractivity contribution in [3.8, 4) is 11.1 Å². The van der Waals surface area contributed by atoms with Crippen LogP contribution in [0.3, 0.4) is 0 Å². The fraction of sp³-hybridized carbons (Fsp3) is 0. The van der Waals surface area contributed by atoms with E-state index in [4.69, 9.17) is 9.44 Å². The van der Waals surface area contributed by atoms with Crippen molar-refractivity contribution >= 4 is 27.3 Å². The number of thiophene rings is 1. The van der Waals surface area contributed by atoms with Gasteiger partial charge in [-0.2, -0.15) is 13.7 Å². The number of nitriles is 1. The summed E-state index contributed by atoms with van der Waals surface area (Å²) in [6, 6.07) is 11.4. The van der Waals surface area contributed by atoms with Crippen molar-refractivity contribution in [3.63, 3.8) is 0 Å². The third kappa shape index (κ3) is 3.00. The molecule has 0 spiro atoms. The molecule has 1 aromatic heterocycles. The summed E-state index contributed by atoms with van der Waals surface area (Å²) in [7, 11) is -3.98. The Hall–Kier alpha value is -2.04. The number of anilines is 1. The van der Waals surface area contributed by atoms with Gasteiger partial charge >= 0.3 is 10.3 Å². The average Bonchev–Trinajstić information content (AvgIpc) is 2.81. The summed E-state index contributed by atoms with van der Waals surface area (Å²) in [4.78, 5) is 0. The highest BCUT2D eigenvalue weighted by molar-refractivity contribution is 7.88. The molecule has 0 fully saturated rings. The van der Waals surface area contributed by atoms with Gasteiger partial charge in [0.1, 0.15) is 6.07 Å². The van der Waals surface area contributed by atoms with Crippen LogP contribution in [0, 0.1) is 11.3 Å². The number of para-hydroxylation sites is 1. The molecule has 0 aliphatic heterocycles. The summed E-state index contributed by atoms with van der Waals surface area (Å²) in [6.07, 6.45) is 0. The molecule has 92 valence electrons. The molecular formula is C11H8N2O3S2. The van der Waals surface area contributed by atoms with E-state index in [1.54, 1.807) is 29.6 Å². The first-order chi connectivity index (χ1) is 8.61. The highest BCUT2D eigenvalue weighted by atomic mass is 32.2. The molecule has 1 aromatic carbocycles. The molecule has 0 bridgehead atoms. The van der Waals surface area contributed by atoms with Gasteiger partial charge in [0.25, 0.3) is 0 Å². The van der Waals surface area contributed by atoms with Gasteiger partial charge in [-0.25, -0.2) is 4.72 Å². The standard InChI is InChI=1S/C11H8N2O3S2/c12-8-9-4-1-2-5-10(9)13-18(14,15)16-11-6-3-7-17-11/h1-7,13H. The lowest BCUT2D eigenvalue weighted by atomic mass is 10.2. The van der Waals surface area contributed by atoms with Gasteiger partial charge in [0.15, 0.2) is 5.06 Å². The quantitative estimate of drug-likeness (QED) is 0.932. The summed E-state index contributed by atoms with van der Waals surface area (Å²) < 4.78 is 30.4. The Kier molecular flexibility index (Phi) is 3.50. The Morgan fingerprint density at radius 3 is 2.67 bits per heavy atom. The zero-order valence-electron chi connectivity index (χ0n) is 9.03. The topological polar surface area (TPSA) is 79.2 Å². The first kappa shape index (κ1) is 12.4. The first-order valence-corrected chi connectivity index (χ1v) is 7.14. The van der Waals surface area contributed by atoms with E-state index in [0.29, 0.717) is 0 Å². The van der Waals surface area contributed by atoms with Crippen LogP contribution in [-0.2, 0) is 10.3 Å². The minimum Gasteiger partial charge on any atom is -0.356 e. The lowest BCUT2D eigenvalue weighted by Crippen LogP contribution is -2.19. The van der Waals surface area contributed by atoms with Gasteiger partial charge in [-0.3, -0.25) is 0 Å². The van der Waals surface area contributed by atoms with E-state index in [9.17, 15) is 8.42 Å². The molecule has 18 heavy (non-hydrogen) atoms. The summed E-state index contributed by atoms with van der Waals surface area (Å²) >= 11 is 1.16. The molecule has 0 radical (unpaired) electrons. The molecule has 0 aliphatic rings. The van der Waals surface area contributed by atoms with Crippen molar-refractivity contribution in [3.05, 3.63) is 47.3 Å². The van der Waals surface area contributed by atoms with Crippen LogP contribution in [0.1, 0.15) is 5.56 Å². The van der Waals surface area contributed by atoms with E-state index < -0.39 is 10.3 Å². The summed E-state index contributed by atoms with van der Waals surface area (Å²) in [6.45, 7) is 0. The van der Waals surface area contributed by atoms with Gasteiger partial charge in [-0.1, -0.05) is 12.1 Å². The highest BCUT2D eigenvalue weighted by Gasteiger charge is 2.15. The van der Waals surface area contributed by atoms with Gasteiger partial charge < -0.3 is 4.18 Å². The SMILES string of the molecule is N#Cc1ccccc1NS(=O)(=O)Oc1cccs1. The largest absolute Gasteiger partial charge is 0.408 e. The van der Waals surface area contributed by atoms with Crippen LogP contribution in [0.4, 0.5) is 5.69 Å². The number of rotatable bonds is 4. The fourth-order valence-electron chi connectivity index (χ4n) is 1.24. The predicted molar refractivity (Wildman–Crippen MR) is 68.6 cm³/mol. The van der Waals surface area contributed by atoms with Gasteiger partial charge in [-0.15, -0.1) is 11.3 Å². The fourth-order valence-corrected chi connectivity index (χ4v) is 2.88. The van der Waals surface area contributed by atoms with E-state index in [2.05, 4.69) is 4.72 Å². The molecule has 0 unspecified atom stereocenters. The normalized spacial score (nSPS) is 10.6. The highest BCUT2D eigenvalue weighted by Crippen LogP contribution is 2.22. The predicted octanol–water partition coefficient (Wildman–Crippen LogP) is 2.36. The molecule has 0 saturated heterocycles. The minimum absolute atomic E-state index is 0.191. The van der Waals surface area contributed by atoms with Crippen molar-refractivity contribution in [1.82, 2.24) is 0 Å². The summed E-state index contributed by atoms with van der Waals surface area (Å²) in [5, 5.41) is 10.8. The minimum atomic E-state index is -3.98. The molecule has 1 heterocycles. The van der Waals surface area contributed by atoms with Crippen molar-refractivity contribution in [2.75, 3.05) is 4.72 Å². The number of hydrogen-bond donors (Lipinski definition) is 1. The van der Waals surface area contributed by atoms with E-state index in [1.807, 2.05) is 6.07 Å². The third-order valence-electron chi connectivity index (χ3n) is 1.97. The number of nitrogens with one attached hydrogen (secondary N) is 1. The van der Waals surface area contributed by atoms with Crippen LogP contribution < -0.4 is 8.91 Å². The van der Waals surface area contributed by atoms with Gasteiger partial charge in [0.05, 0.1) is 11.3 Å². The maximum atomic E-state index is 11.7. The molecule has 2 rings (SSSR count). The molecule has 5 nitrogen and oxygen atoms in total. The molecule has 0 amide bonds. The second-order valence-electron chi connectivity index (χ2n) is 3.23. The molecule has 0 aliphatic carbocycles. The maximum absolute atomic E-state index is 11.7. The third-order valence-corrected chi connectivity index (χ3v) is 3.69. The average molecular weight is 280 g/mol. The molecule has 0 saturated carbocycles. The second kappa shape index (κ2) is 5.08. The van der Waals surface area contributed by atoms with E-state index in [0.717, 1.165) is 11.3 Å². The van der Waals surface area contributed by atoms with Crippen LogP contribution in [0.25, 0.3) is 0 Å². The molecule has 2 aromatic rings. The van der Waals surface area contributed by atoms with Crippen molar-refractivity contribution < 1.29 is 12.6 Å². The monoisotopic (exact) mass is 280 g/mol. The van der Waals surface area contributed by atoms with E-state index in [1.165, 1.54) is 12.1 Å². The second-order valence-corrected chi connectivity index (χ2v) is 5.42. The Labute approximate surface area is 109 Å². The number of nitrogens with zero attached hydrogens (tertiary/aromatic N) is 1. The van der Waals surface area contributed by atoms with Crippen LogP contribution in [0.5, 0.6) is 5.06 Å². The van der Waals surface area contributed by atoms with Crippen LogP contribution >= 0.6 is 11.3 Å². The van der Waals surface area contributed by atoms with Crippen molar-refractivity contribution in [1.29, 1.82) is 5.26 Å². The van der Waals surface area contributed by atoms with Gasteiger partial charge in [0.2, 0.25) is 0 Å². The number of hydrogen-bond acceptors (Lipinski definition) is 5. The molecule has 1 N–H and O–H groups in total. The maximum Gasteiger partial charge on any atom is 0.408 e. The van der Waals surface area contributed by atoms with Gasteiger partial charge in [-0.05, 0) is 29.6 Å². The van der Waals surface area contributed by atoms with Crippen LogP contribution in [0.15, 0.2) is 41.8 Å². The smallest absolute Gasteiger partial charge is 0.356 e. The summed E-state index contributed by atoms with van der Waals surface area (Å²) in [5.41, 5.74) is 0.424. The van der Waals surface area contributed by atoms with Gasteiger partial charge in [0, 0.05) is 0 Å². The lowest BCUT2D eigenvalue weighted by molar-refractivity contribution is 0.499. The molecular weight excluding hydrogens is 272 g/mol. The lowest BCUT2D eigenvalue weighted by Gasteiger charge is -2.08. The zero-order chi connectivity index (χ0) is 13.0. The summed E-state index contributed by atoms with van der Waals surface area (Å²) in [5.74, 6) is 0. The first-order valence-electron chi connectivity index (χ1n) is 4.85.